The molecular formula is C10H9NOS2. The van der Waals surface area contributed by atoms with Crippen molar-refractivity contribution in [2.75, 3.05) is 7.11 Å². The zero-order chi connectivity index (χ0) is 9.97. The highest BCUT2D eigenvalue weighted by Crippen LogP contribution is 2.32. The second kappa shape index (κ2) is 3.94. The van der Waals surface area contributed by atoms with Gasteiger partial charge in [-0.25, -0.2) is 0 Å². The third-order valence-electron chi connectivity index (χ3n) is 1.90. The molecule has 0 atom stereocenters. The van der Waals surface area contributed by atoms with Gasteiger partial charge in [0.25, 0.3) is 0 Å². The van der Waals surface area contributed by atoms with Crippen molar-refractivity contribution in [2.24, 2.45) is 0 Å². The van der Waals surface area contributed by atoms with E-state index in [0.717, 1.165) is 20.1 Å². The van der Waals surface area contributed by atoms with Crippen molar-refractivity contribution in [3.63, 3.8) is 0 Å². The number of aromatic nitrogens is 1. The van der Waals surface area contributed by atoms with Crippen molar-refractivity contribution in [1.29, 1.82) is 0 Å². The van der Waals surface area contributed by atoms with Gasteiger partial charge in [-0.05, 0) is 24.4 Å². The van der Waals surface area contributed by atoms with Crippen LogP contribution in [0.3, 0.4) is 0 Å². The van der Waals surface area contributed by atoms with Crippen LogP contribution in [0.5, 0.6) is 5.75 Å². The smallest absolute Gasteiger partial charge is 0.158 e. The number of hydrogen-bond donors (Lipinski definition) is 1. The van der Waals surface area contributed by atoms with Crippen molar-refractivity contribution >= 4 is 23.6 Å². The zero-order valence-corrected chi connectivity index (χ0v) is 9.24. The minimum atomic E-state index is 0.783. The Morgan fingerprint density at radius 2 is 2.14 bits per heavy atom. The predicted octanol–water partition coefficient (Wildman–Crippen LogP) is 3.48. The number of thiazole rings is 1. The fourth-order valence-corrected chi connectivity index (χ4v) is 2.31. The second-order valence-electron chi connectivity index (χ2n) is 2.74. The molecule has 2 rings (SSSR count). The van der Waals surface area contributed by atoms with Crippen LogP contribution in [0.1, 0.15) is 0 Å². The van der Waals surface area contributed by atoms with E-state index in [1.54, 1.807) is 18.4 Å². The normalized spacial score (nSPS) is 10.1. The van der Waals surface area contributed by atoms with Crippen molar-refractivity contribution in [2.45, 2.75) is 0 Å². The molecule has 0 unspecified atom stereocenters. The van der Waals surface area contributed by atoms with Crippen LogP contribution in [0.4, 0.5) is 0 Å². The van der Waals surface area contributed by atoms with E-state index in [0.29, 0.717) is 0 Å². The molecule has 0 saturated carbocycles. The van der Waals surface area contributed by atoms with Gasteiger partial charge in [-0.15, -0.1) is 11.3 Å². The molecule has 1 aromatic heterocycles. The van der Waals surface area contributed by atoms with Gasteiger partial charge in [0, 0.05) is 11.8 Å². The standard InChI is InChI=1S/C10H9NOS2/c1-12-8-5-3-2-4-7(8)9-6-11-10(13)14-9/h2-6H,1H3,(H,11,13). The van der Waals surface area contributed by atoms with Gasteiger partial charge in [0.15, 0.2) is 3.95 Å². The van der Waals surface area contributed by atoms with Gasteiger partial charge in [0.2, 0.25) is 0 Å². The summed E-state index contributed by atoms with van der Waals surface area (Å²) in [6, 6.07) is 7.90. The molecule has 1 aromatic carbocycles. The lowest BCUT2D eigenvalue weighted by Gasteiger charge is -2.04. The average Bonchev–Trinajstić information content (AvgIpc) is 2.65. The molecule has 2 nitrogen and oxygen atoms in total. The molecule has 72 valence electrons. The van der Waals surface area contributed by atoms with E-state index in [-0.39, 0.29) is 0 Å². The van der Waals surface area contributed by atoms with E-state index in [4.69, 9.17) is 17.0 Å². The van der Waals surface area contributed by atoms with Crippen LogP contribution in [0.15, 0.2) is 30.5 Å². The van der Waals surface area contributed by atoms with Gasteiger partial charge in [-0.3, -0.25) is 0 Å². The Morgan fingerprint density at radius 1 is 1.36 bits per heavy atom. The van der Waals surface area contributed by atoms with Gasteiger partial charge in [-0.1, -0.05) is 12.1 Å². The molecular weight excluding hydrogens is 214 g/mol. The summed E-state index contributed by atoms with van der Waals surface area (Å²) < 4.78 is 6.05. The monoisotopic (exact) mass is 223 g/mol. The number of hydrogen-bond acceptors (Lipinski definition) is 3. The summed E-state index contributed by atoms with van der Waals surface area (Å²) in [5, 5.41) is 0. The van der Waals surface area contributed by atoms with Crippen molar-refractivity contribution in [3.8, 4) is 16.2 Å². The number of rotatable bonds is 2. The van der Waals surface area contributed by atoms with E-state index < -0.39 is 0 Å². The largest absolute Gasteiger partial charge is 0.496 e. The van der Waals surface area contributed by atoms with Crippen LogP contribution in [0.2, 0.25) is 0 Å². The molecule has 0 radical (unpaired) electrons. The van der Waals surface area contributed by atoms with E-state index >= 15 is 0 Å². The predicted molar refractivity (Wildman–Crippen MR) is 61.5 cm³/mol. The maximum atomic E-state index is 5.27. The molecule has 0 aliphatic heterocycles. The molecule has 0 amide bonds. The second-order valence-corrected chi connectivity index (χ2v) is 4.46. The Kier molecular flexibility index (Phi) is 2.65. The molecule has 0 aliphatic carbocycles. The van der Waals surface area contributed by atoms with Crippen molar-refractivity contribution in [3.05, 3.63) is 34.4 Å². The molecule has 14 heavy (non-hydrogen) atoms. The summed E-state index contributed by atoms with van der Waals surface area (Å²) in [7, 11) is 1.67. The summed E-state index contributed by atoms with van der Waals surface area (Å²) in [5.41, 5.74) is 1.08. The van der Waals surface area contributed by atoms with Crippen LogP contribution >= 0.6 is 23.6 Å². The van der Waals surface area contributed by atoms with E-state index in [1.165, 1.54) is 0 Å². The Labute approximate surface area is 91.2 Å². The van der Waals surface area contributed by atoms with Crippen LogP contribution in [-0.4, -0.2) is 12.1 Å². The van der Waals surface area contributed by atoms with Gasteiger partial charge >= 0.3 is 0 Å². The molecule has 0 fully saturated rings. The number of nitrogens with one attached hydrogen (secondary N) is 1. The Morgan fingerprint density at radius 3 is 2.79 bits per heavy atom. The average molecular weight is 223 g/mol. The first-order chi connectivity index (χ1) is 6.81. The fraction of sp³-hybridized carbons (Fsp3) is 0.100. The van der Waals surface area contributed by atoms with Crippen LogP contribution in [-0.2, 0) is 0 Å². The number of methoxy groups -OCH3 is 1. The Hall–Kier alpha value is -1.13. The molecule has 4 heteroatoms. The van der Waals surface area contributed by atoms with Gasteiger partial charge < -0.3 is 9.72 Å². The number of para-hydroxylation sites is 1. The van der Waals surface area contributed by atoms with Crippen LogP contribution in [0, 0.1) is 3.95 Å². The first-order valence-corrected chi connectivity index (χ1v) is 5.35. The first-order valence-electron chi connectivity index (χ1n) is 4.13. The van der Waals surface area contributed by atoms with Gasteiger partial charge in [0.05, 0.1) is 12.0 Å². The highest BCUT2D eigenvalue weighted by atomic mass is 32.1. The highest BCUT2D eigenvalue weighted by molar-refractivity contribution is 7.73. The van der Waals surface area contributed by atoms with Crippen LogP contribution < -0.4 is 4.74 Å². The van der Waals surface area contributed by atoms with E-state index in [1.807, 2.05) is 30.5 Å². The molecule has 0 saturated heterocycles. The summed E-state index contributed by atoms with van der Waals surface area (Å²) >= 11 is 6.58. The summed E-state index contributed by atoms with van der Waals surface area (Å²) in [6.45, 7) is 0. The van der Waals surface area contributed by atoms with Crippen molar-refractivity contribution < 1.29 is 4.74 Å². The zero-order valence-electron chi connectivity index (χ0n) is 7.61. The lowest BCUT2D eigenvalue weighted by molar-refractivity contribution is 0.416. The lowest BCUT2D eigenvalue weighted by Crippen LogP contribution is -1.84. The Balaban J connectivity index is 2.55. The maximum Gasteiger partial charge on any atom is 0.158 e. The molecule has 0 spiro atoms. The molecule has 1 heterocycles. The molecule has 2 aromatic rings. The minimum Gasteiger partial charge on any atom is -0.496 e. The quantitative estimate of drug-likeness (QED) is 0.788. The third kappa shape index (κ3) is 1.71. The molecule has 0 bridgehead atoms. The topological polar surface area (TPSA) is 25.0 Å². The summed E-state index contributed by atoms with van der Waals surface area (Å²) in [5.74, 6) is 0.873. The van der Waals surface area contributed by atoms with Crippen molar-refractivity contribution in [1.82, 2.24) is 4.98 Å². The Bertz CT molecular complexity index is 487. The first kappa shape index (κ1) is 9.43. The lowest BCUT2D eigenvalue weighted by atomic mass is 10.2. The van der Waals surface area contributed by atoms with Crippen LogP contribution in [0.25, 0.3) is 10.4 Å². The fourth-order valence-electron chi connectivity index (χ4n) is 1.26. The number of H-pyrrole nitrogens is 1. The number of benzene rings is 1. The number of ether oxygens (including phenoxy) is 1. The van der Waals surface area contributed by atoms with Gasteiger partial charge in [0.1, 0.15) is 5.75 Å². The minimum absolute atomic E-state index is 0.783. The van der Waals surface area contributed by atoms with E-state index in [9.17, 15) is 0 Å². The number of aromatic amines is 1. The van der Waals surface area contributed by atoms with Gasteiger partial charge in [-0.2, -0.15) is 0 Å². The van der Waals surface area contributed by atoms with E-state index in [2.05, 4.69) is 4.98 Å². The third-order valence-corrected chi connectivity index (χ3v) is 3.12. The summed E-state index contributed by atoms with van der Waals surface area (Å²) in [4.78, 5) is 4.10. The highest BCUT2D eigenvalue weighted by Gasteiger charge is 2.05. The SMILES string of the molecule is COc1ccccc1-c1c[nH]c(=S)s1. The molecule has 0 aliphatic rings. The summed E-state index contributed by atoms with van der Waals surface area (Å²) in [6.07, 6.45) is 1.91. The molecule has 1 N–H and O–H groups in total. The maximum absolute atomic E-state index is 5.27.